The largest absolute Gasteiger partial charge is 0.334 e. The number of nitrogens with one attached hydrogen (secondary N) is 2. The van der Waals surface area contributed by atoms with Gasteiger partial charge in [-0.25, -0.2) is 4.79 Å². The number of hydrogen-bond donors (Lipinski definition) is 2. The van der Waals surface area contributed by atoms with Crippen LogP contribution in [0.2, 0.25) is 0 Å². The number of amides is 3. The van der Waals surface area contributed by atoms with Crippen LogP contribution in [0.3, 0.4) is 0 Å². The third kappa shape index (κ3) is 7.02. The van der Waals surface area contributed by atoms with Crippen LogP contribution in [0.1, 0.15) is 18.4 Å². The molecule has 0 saturated carbocycles. The fraction of sp³-hybridized carbons (Fsp3) is 0.364. The molecule has 0 aliphatic carbocycles. The first-order valence-electron chi connectivity index (χ1n) is 9.71. The molecule has 1 heterocycles. The SMILES string of the molecule is O=C(CCN1CCC(CSc2ccccc2)C1)NC(=O)NCc1ccccc1. The molecule has 2 aromatic carbocycles. The molecule has 5 nitrogen and oxygen atoms in total. The Balaban J connectivity index is 1.29. The first kappa shape index (κ1) is 20.4. The van der Waals surface area contributed by atoms with Crippen LogP contribution in [0, 0.1) is 5.92 Å². The summed E-state index contributed by atoms with van der Waals surface area (Å²) in [7, 11) is 0. The Kier molecular flexibility index (Phi) is 7.94. The molecule has 1 atom stereocenters. The fourth-order valence-corrected chi connectivity index (χ4v) is 4.30. The second-order valence-electron chi connectivity index (χ2n) is 7.05. The van der Waals surface area contributed by atoms with Crippen LogP contribution in [0.15, 0.2) is 65.6 Å². The van der Waals surface area contributed by atoms with E-state index >= 15 is 0 Å². The first-order valence-corrected chi connectivity index (χ1v) is 10.7. The molecule has 3 amide bonds. The van der Waals surface area contributed by atoms with E-state index < -0.39 is 6.03 Å². The molecule has 2 N–H and O–H groups in total. The highest BCUT2D eigenvalue weighted by Crippen LogP contribution is 2.25. The summed E-state index contributed by atoms with van der Waals surface area (Å²) in [6.07, 6.45) is 1.51. The van der Waals surface area contributed by atoms with Crippen molar-refractivity contribution < 1.29 is 9.59 Å². The maximum Gasteiger partial charge on any atom is 0.321 e. The summed E-state index contributed by atoms with van der Waals surface area (Å²) < 4.78 is 0. The third-order valence-corrected chi connectivity index (χ3v) is 6.05. The van der Waals surface area contributed by atoms with E-state index in [1.165, 1.54) is 11.3 Å². The summed E-state index contributed by atoms with van der Waals surface area (Å²) in [6, 6.07) is 19.6. The standard InChI is InChI=1S/C22H27N3O2S/c26-21(24-22(27)23-15-18-7-3-1-4-8-18)12-14-25-13-11-19(16-25)17-28-20-9-5-2-6-10-20/h1-10,19H,11-17H2,(H2,23,24,26,27). The van der Waals surface area contributed by atoms with Gasteiger partial charge in [0.2, 0.25) is 5.91 Å². The van der Waals surface area contributed by atoms with Crippen molar-refractivity contribution >= 4 is 23.7 Å². The van der Waals surface area contributed by atoms with Crippen molar-refractivity contribution in [3.63, 3.8) is 0 Å². The Bertz CT molecular complexity index is 755. The van der Waals surface area contributed by atoms with Crippen molar-refractivity contribution in [1.29, 1.82) is 0 Å². The van der Waals surface area contributed by atoms with Crippen LogP contribution in [-0.2, 0) is 11.3 Å². The predicted octanol–water partition coefficient (Wildman–Crippen LogP) is 3.52. The molecule has 148 valence electrons. The fourth-order valence-electron chi connectivity index (χ4n) is 3.25. The van der Waals surface area contributed by atoms with Crippen LogP contribution >= 0.6 is 11.8 Å². The molecule has 1 fully saturated rings. The van der Waals surface area contributed by atoms with Crippen molar-refractivity contribution in [2.75, 3.05) is 25.4 Å². The van der Waals surface area contributed by atoms with Crippen molar-refractivity contribution in [3.05, 3.63) is 66.2 Å². The minimum atomic E-state index is -0.438. The number of carbonyl (C=O) groups excluding carboxylic acids is 2. The molecule has 0 radical (unpaired) electrons. The summed E-state index contributed by atoms with van der Waals surface area (Å²) in [6.45, 7) is 3.15. The van der Waals surface area contributed by atoms with Crippen molar-refractivity contribution in [2.45, 2.75) is 24.3 Å². The number of nitrogens with zero attached hydrogens (tertiary/aromatic N) is 1. The minimum Gasteiger partial charge on any atom is -0.334 e. The van der Waals surface area contributed by atoms with Crippen molar-refractivity contribution in [3.8, 4) is 0 Å². The van der Waals surface area contributed by atoms with Gasteiger partial charge in [0.1, 0.15) is 0 Å². The number of thioether (sulfide) groups is 1. The van der Waals surface area contributed by atoms with Crippen LogP contribution < -0.4 is 10.6 Å². The number of benzene rings is 2. The van der Waals surface area contributed by atoms with E-state index in [2.05, 4.69) is 39.8 Å². The lowest BCUT2D eigenvalue weighted by Gasteiger charge is -2.15. The molecule has 6 heteroatoms. The van der Waals surface area contributed by atoms with Gasteiger partial charge in [-0.05, 0) is 36.6 Å². The van der Waals surface area contributed by atoms with Gasteiger partial charge in [0, 0.05) is 36.7 Å². The quantitative estimate of drug-likeness (QED) is 0.669. The molecule has 0 spiro atoms. The van der Waals surface area contributed by atoms with Gasteiger partial charge in [0.05, 0.1) is 0 Å². The Morgan fingerprint density at radius 2 is 1.75 bits per heavy atom. The van der Waals surface area contributed by atoms with E-state index in [-0.39, 0.29) is 5.91 Å². The molecular formula is C22H27N3O2S. The maximum atomic E-state index is 12.0. The second-order valence-corrected chi connectivity index (χ2v) is 8.14. The lowest BCUT2D eigenvalue weighted by molar-refractivity contribution is -0.120. The third-order valence-electron chi connectivity index (χ3n) is 4.80. The van der Waals surface area contributed by atoms with Gasteiger partial charge < -0.3 is 10.2 Å². The zero-order valence-electron chi connectivity index (χ0n) is 16.0. The maximum absolute atomic E-state index is 12.0. The van der Waals surface area contributed by atoms with Crippen molar-refractivity contribution in [1.82, 2.24) is 15.5 Å². The molecular weight excluding hydrogens is 370 g/mol. The number of likely N-dealkylation sites (tertiary alicyclic amines) is 1. The number of hydrogen-bond acceptors (Lipinski definition) is 4. The summed E-state index contributed by atoms with van der Waals surface area (Å²) in [5, 5.41) is 5.12. The van der Waals surface area contributed by atoms with E-state index in [1.54, 1.807) is 0 Å². The van der Waals surface area contributed by atoms with Crippen LogP contribution in [0.5, 0.6) is 0 Å². The van der Waals surface area contributed by atoms with E-state index in [0.29, 0.717) is 25.4 Å². The molecule has 2 aromatic rings. The summed E-state index contributed by atoms with van der Waals surface area (Å²) in [4.78, 5) is 27.5. The zero-order valence-corrected chi connectivity index (χ0v) is 16.8. The average molecular weight is 398 g/mol. The summed E-state index contributed by atoms with van der Waals surface area (Å²) in [5.74, 6) is 1.53. The second kappa shape index (κ2) is 10.9. The van der Waals surface area contributed by atoms with Gasteiger partial charge in [0.15, 0.2) is 0 Å². The number of rotatable bonds is 8. The minimum absolute atomic E-state index is 0.229. The van der Waals surface area contributed by atoms with Gasteiger partial charge in [-0.2, -0.15) is 0 Å². The molecule has 1 aliphatic heterocycles. The Morgan fingerprint density at radius 3 is 2.50 bits per heavy atom. The van der Waals surface area contributed by atoms with Gasteiger partial charge >= 0.3 is 6.03 Å². The topological polar surface area (TPSA) is 61.4 Å². The molecule has 1 saturated heterocycles. The summed E-state index contributed by atoms with van der Waals surface area (Å²) >= 11 is 1.90. The van der Waals surface area contributed by atoms with E-state index in [1.807, 2.05) is 48.2 Å². The van der Waals surface area contributed by atoms with Crippen LogP contribution in [0.4, 0.5) is 4.79 Å². The van der Waals surface area contributed by atoms with Crippen LogP contribution in [-0.4, -0.2) is 42.2 Å². The van der Waals surface area contributed by atoms with Gasteiger partial charge in [-0.3, -0.25) is 10.1 Å². The number of urea groups is 1. The Hall–Kier alpha value is -2.31. The zero-order chi connectivity index (χ0) is 19.6. The predicted molar refractivity (Wildman–Crippen MR) is 113 cm³/mol. The number of carbonyl (C=O) groups is 2. The first-order chi connectivity index (χ1) is 13.7. The monoisotopic (exact) mass is 397 g/mol. The molecule has 0 bridgehead atoms. The normalized spacial score (nSPS) is 16.6. The Labute approximate surface area is 170 Å². The van der Waals surface area contributed by atoms with E-state index in [4.69, 9.17) is 0 Å². The van der Waals surface area contributed by atoms with Crippen molar-refractivity contribution in [2.24, 2.45) is 5.92 Å². The highest BCUT2D eigenvalue weighted by atomic mass is 32.2. The molecule has 1 aliphatic rings. The van der Waals surface area contributed by atoms with Gasteiger partial charge in [0.25, 0.3) is 0 Å². The molecule has 1 unspecified atom stereocenters. The summed E-state index contributed by atoms with van der Waals surface area (Å²) in [5.41, 5.74) is 1.00. The smallest absolute Gasteiger partial charge is 0.321 e. The molecule has 0 aromatic heterocycles. The van der Waals surface area contributed by atoms with E-state index in [9.17, 15) is 9.59 Å². The highest BCUT2D eigenvalue weighted by molar-refractivity contribution is 7.99. The number of imide groups is 1. The molecule has 3 rings (SSSR count). The lowest BCUT2D eigenvalue weighted by atomic mass is 10.2. The highest BCUT2D eigenvalue weighted by Gasteiger charge is 2.23. The van der Waals surface area contributed by atoms with Crippen LogP contribution in [0.25, 0.3) is 0 Å². The average Bonchev–Trinajstić information content (AvgIpc) is 3.19. The Morgan fingerprint density at radius 1 is 1.04 bits per heavy atom. The lowest BCUT2D eigenvalue weighted by Crippen LogP contribution is -2.40. The van der Waals surface area contributed by atoms with E-state index in [0.717, 1.165) is 24.4 Å². The van der Waals surface area contributed by atoms with Gasteiger partial charge in [-0.15, -0.1) is 11.8 Å². The van der Waals surface area contributed by atoms with Gasteiger partial charge in [-0.1, -0.05) is 48.5 Å². The molecule has 28 heavy (non-hydrogen) atoms.